The lowest BCUT2D eigenvalue weighted by Gasteiger charge is -2.08. The topological polar surface area (TPSA) is 71.2 Å². The summed E-state index contributed by atoms with van der Waals surface area (Å²) < 4.78 is 40.1. The molecule has 0 atom stereocenters. The minimum atomic E-state index is -4.50. The molecule has 0 bridgehead atoms. The molecule has 0 fully saturated rings. The van der Waals surface area contributed by atoms with Crippen LogP contribution in [0.25, 0.3) is 0 Å². The predicted molar refractivity (Wildman–Crippen MR) is 52.0 cm³/mol. The monoisotopic (exact) mass is 250 g/mol. The Morgan fingerprint density at radius 1 is 1.53 bits per heavy atom. The lowest BCUT2D eigenvalue weighted by molar-refractivity contribution is -0.123. The summed E-state index contributed by atoms with van der Waals surface area (Å²) in [5, 5.41) is 1.63. The van der Waals surface area contributed by atoms with E-state index in [2.05, 4.69) is 9.72 Å². The fourth-order valence-corrected chi connectivity index (χ4v) is 1.02. The van der Waals surface area contributed by atoms with E-state index in [1.54, 1.807) is 5.32 Å². The van der Waals surface area contributed by atoms with Crippen LogP contribution in [0.4, 0.5) is 13.2 Å². The van der Waals surface area contributed by atoms with E-state index >= 15 is 0 Å². The van der Waals surface area contributed by atoms with Crippen LogP contribution in [-0.2, 0) is 0 Å². The van der Waals surface area contributed by atoms with Gasteiger partial charge >= 0.3 is 6.18 Å². The van der Waals surface area contributed by atoms with Crippen molar-refractivity contribution < 1.29 is 22.7 Å². The fraction of sp³-hybridized carbons (Fsp3) is 0.333. The molecule has 0 aliphatic heterocycles. The molecule has 0 aliphatic carbocycles. The first-order valence-corrected chi connectivity index (χ1v) is 4.45. The number of rotatable bonds is 3. The first kappa shape index (κ1) is 13.1. The molecule has 0 saturated carbocycles. The van der Waals surface area contributed by atoms with E-state index in [0.29, 0.717) is 0 Å². The molecule has 1 aromatic heterocycles. The molecule has 17 heavy (non-hydrogen) atoms. The van der Waals surface area contributed by atoms with Gasteiger partial charge in [0, 0.05) is 12.3 Å². The summed E-state index contributed by atoms with van der Waals surface area (Å²) in [7, 11) is 1.26. The van der Waals surface area contributed by atoms with Crippen LogP contribution in [-0.4, -0.2) is 30.7 Å². The molecular formula is C9H9F3N2O3. The Balaban J connectivity index is 2.77. The summed E-state index contributed by atoms with van der Waals surface area (Å²) in [4.78, 5) is 24.8. The molecule has 1 rings (SSSR count). The maximum atomic E-state index is 11.8. The number of halogens is 3. The Bertz CT molecular complexity index is 467. The lowest BCUT2D eigenvalue weighted by atomic mass is 10.3. The Hall–Kier alpha value is -1.99. The molecule has 0 radical (unpaired) electrons. The van der Waals surface area contributed by atoms with Crippen LogP contribution in [0.2, 0.25) is 0 Å². The van der Waals surface area contributed by atoms with Crippen LogP contribution in [0.5, 0.6) is 5.75 Å². The van der Waals surface area contributed by atoms with Crippen LogP contribution in [0.3, 0.4) is 0 Å². The third-order valence-corrected chi connectivity index (χ3v) is 1.79. The normalized spacial score (nSPS) is 11.1. The van der Waals surface area contributed by atoms with Gasteiger partial charge in [-0.1, -0.05) is 0 Å². The number of alkyl halides is 3. The Kier molecular flexibility index (Phi) is 3.77. The fourth-order valence-electron chi connectivity index (χ4n) is 1.02. The van der Waals surface area contributed by atoms with Crippen LogP contribution in [0, 0.1) is 0 Å². The number of hydrogen-bond acceptors (Lipinski definition) is 3. The summed E-state index contributed by atoms with van der Waals surface area (Å²) in [6.07, 6.45) is -3.40. The molecule has 0 spiro atoms. The number of nitrogens with one attached hydrogen (secondary N) is 2. The van der Waals surface area contributed by atoms with Crippen molar-refractivity contribution in [3.8, 4) is 5.75 Å². The smallest absolute Gasteiger partial charge is 0.405 e. The summed E-state index contributed by atoms with van der Waals surface area (Å²) in [6.45, 7) is -1.46. The molecule has 1 heterocycles. The molecule has 94 valence electrons. The number of aromatic amines is 1. The van der Waals surface area contributed by atoms with Crippen LogP contribution >= 0.6 is 0 Å². The second-order valence-corrected chi connectivity index (χ2v) is 3.08. The molecule has 1 amide bonds. The van der Waals surface area contributed by atoms with Gasteiger partial charge in [-0.05, 0) is 0 Å². The van der Waals surface area contributed by atoms with Gasteiger partial charge in [0.05, 0.1) is 7.11 Å². The van der Waals surface area contributed by atoms with Crippen LogP contribution < -0.4 is 15.5 Å². The van der Waals surface area contributed by atoms with Gasteiger partial charge in [0.2, 0.25) is 5.43 Å². The number of aromatic nitrogens is 1. The molecule has 2 N–H and O–H groups in total. The van der Waals surface area contributed by atoms with Gasteiger partial charge in [0.25, 0.3) is 5.91 Å². The number of carbonyl (C=O) groups is 1. The van der Waals surface area contributed by atoms with E-state index in [1.165, 1.54) is 7.11 Å². The van der Waals surface area contributed by atoms with Gasteiger partial charge < -0.3 is 15.0 Å². The lowest BCUT2D eigenvalue weighted by Crippen LogP contribution is -2.34. The van der Waals surface area contributed by atoms with Crippen LogP contribution in [0.15, 0.2) is 17.1 Å². The van der Waals surface area contributed by atoms with E-state index in [0.717, 1.165) is 12.3 Å². The number of ether oxygens (including phenoxy) is 1. The average Bonchev–Trinajstić information content (AvgIpc) is 2.24. The van der Waals surface area contributed by atoms with Crippen molar-refractivity contribution in [2.24, 2.45) is 0 Å². The zero-order chi connectivity index (χ0) is 13.1. The molecule has 1 aromatic rings. The number of pyridine rings is 1. The van der Waals surface area contributed by atoms with E-state index in [-0.39, 0.29) is 11.4 Å². The Morgan fingerprint density at radius 2 is 2.18 bits per heavy atom. The number of hydrogen-bond donors (Lipinski definition) is 2. The van der Waals surface area contributed by atoms with Crippen molar-refractivity contribution in [3.05, 3.63) is 28.2 Å². The van der Waals surface area contributed by atoms with Crippen molar-refractivity contribution >= 4 is 5.91 Å². The molecule has 0 aromatic carbocycles. The molecule has 0 saturated heterocycles. The SMILES string of the molecule is COc1c[nH]c(C(=O)NCC(F)(F)F)cc1=O. The number of carbonyl (C=O) groups excluding carboxylic acids is 1. The van der Waals surface area contributed by atoms with E-state index in [9.17, 15) is 22.8 Å². The minimum Gasteiger partial charge on any atom is -0.491 e. The molecule has 0 unspecified atom stereocenters. The van der Waals surface area contributed by atoms with Gasteiger partial charge in [-0.15, -0.1) is 0 Å². The summed E-state index contributed by atoms with van der Waals surface area (Å²) in [6, 6.07) is 0.866. The molecular weight excluding hydrogens is 241 g/mol. The van der Waals surface area contributed by atoms with Crippen molar-refractivity contribution in [1.29, 1.82) is 0 Å². The molecule has 5 nitrogen and oxygen atoms in total. The van der Waals surface area contributed by atoms with Crippen molar-refractivity contribution in [2.45, 2.75) is 6.18 Å². The largest absolute Gasteiger partial charge is 0.491 e. The van der Waals surface area contributed by atoms with Crippen molar-refractivity contribution in [2.75, 3.05) is 13.7 Å². The minimum absolute atomic E-state index is 0.0302. The van der Waals surface area contributed by atoms with Gasteiger partial charge in [-0.25, -0.2) is 0 Å². The number of H-pyrrole nitrogens is 1. The Labute approximate surface area is 93.6 Å². The third-order valence-electron chi connectivity index (χ3n) is 1.79. The van der Waals surface area contributed by atoms with Crippen LogP contribution in [0.1, 0.15) is 10.5 Å². The van der Waals surface area contributed by atoms with E-state index in [1.807, 2.05) is 0 Å². The second-order valence-electron chi connectivity index (χ2n) is 3.08. The highest BCUT2D eigenvalue weighted by Gasteiger charge is 2.28. The summed E-state index contributed by atoms with van der Waals surface area (Å²) >= 11 is 0. The number of amides is 1. The standard InChI is InChI=1S/C9H9F3N2O3/c1-17-7-3-13-5(2-6(7)15)8(16)14-4-9(10,11)12/h2-3H,4H2,1H3,(H,13,15)(H,14,16). The van der Waals surface area contributed by atoms with Gasteiger partial charge in [0.15, 0.2) is 5.75 Å². The highest BCUT2D eigenvalue weighted by Crippen LogP contribution is 2.12. The molecule has 0 aliphatic rings. The number of methoxy groups -OCH3 is 1. The van der Waals surface area contributed by atoms with Gasteiger partial charge in [0.1, 0.15) is 12.2 Å². The highest BCUT2D eigenvalue weighted by molar-refractivity contribution is 5.92. The predicted octanol–water partition coefficient (Wildman–Crippen LogP) is 0.676. The Morgan fingerprint density at radius 3 is 2.65 bits per heavy atom. The first-order chi connectivity index (χ1) is 7.83. The zero-order valence-corrected chi connectivity index (χ0v) is 8.72. The van der Waals surface area contributed by atoms with Crippen molar-refractivity contribution in [1.82, 2.24) is 10.3 Å². The second kappa shape index (κ2) is 4.89. The zero-order valence-electron chi connectivity index (χ0n) is 8.72. The quantitative estimate of drug-likeness (QED) is 0.828. The average molecular weight is 250 g/mol. The summed E-state index contributed by atoms with van der Waals surface area (Å²) in [5.41, 5.74) is -0.858. The van der Waals surface area contributed by atoms with Gasteiger partial charge in [-0.2, -0.15) is 13.2 Å². The molecule has 8 heteroatoms. The van der Waals surface area contributed by atoms with E-state index in [4.69, 9.17) is 0 Å². The first-order valence-electron chi connectivity index (χ1n) is 4.45. The maximum absolute atomic E-state index is 11.8. The highest BCUT2D eigenvalue weighted by atomic mass is 19.4. The van der Waals surface area contributed by atoms with Crippen molar-refractivity contribution in [3.63, 3.8) is 0 Å². The third kappa shape index (κ3) is 3.82. The summed E-state index contributed by atoms with van der Waals surface area (Å²) in [5.74, 6) is -1.04. The maximum Gasteiger partial charge on any atom is 0.405 e. The van der Waals surface area contributed by atoms with Gasteiger partial charge in [-0.3, -0.25) is 9.59 Å². The van der Waals surface area contributed by atoms with E-state index < -0.39 is 24.1 Å².